The number of carbonyl (C=O) groups excluding carboxylic acids is 1. The van der Waals surface area contributed by atoms with Gasteiger partial charge >= 0.3 is 29.6 Å². The molecule has 2 N–H and O–H groups in total. The number of nitrogens with zero attached hydrogens (tertiary/aromatic N) is 1. The van der Waals surface area contributed by atoms with Gasteiger partial charge in [0.2, 0.25) is 0 Å². The zero-order valence-corrected chi connectivity index (χ0v) is 24.6. The Morgan fingerprint density at radius 1 is 0.750 bits per heavy atom. The van der Waals surface area contributed by atoms with Crippen LogP contribution in [-0.4, -0.2) is 53.6 Å². The number of aliphatic hydroxyl groups excluding tert-OH is 1. The Labute approximate surface area is 227 Å². The summed E-state index contributed by atoms with van der Waals surface area (Å²) in [7, 11) is 5.35. The van der Waals surface area contributed by atoms with Gasteiger partial charge in [0.1, 0.15) is 11.5 Å². The summed E-state index contributed by atoms with van der Waals surface area (Å²) in [5.74, 6) is -1.19. The summed E-state index contributed by atoms with van der Waals surface area (Å²) in [5.41, 5.74) is -1.26. The zero-order valence-electron chi connectivity index (χ0n) is 21.8. The number of aliphatic carboxylic acids is 1. The van der Waals surface area contributed by atoms with Crippen molar-refractivity contribution in [1.82, 2.24) is 0 Å². The Hall–Kier alpha value is 0.640. The number of carboxylic acid groups (broad SMARTS) is 1. The summed E-state index contributed by atoms with van der Waals surface area (Å²) in [5, 5.41) is 30.6. The van der Waals surface area contributed by atoms with E-state index in [0.29, 0.717) is 6.42 Å². The van der Waals surface area contributed by atoms with Gasteiger partial charge in [-0.2, -0.15) is 0 Å². The van der Waals surface area contributed by atoms with E-state index in [1.54, 1.807) is 21.1 Å². The van der Waals surface area contributed by atoms with Crippen molar-refractivity contribution in [3.8, 4) is 0 Å². The third kappa shape index (κ3) is 17.1. The molecule has 0 aliphatic heterocycles. The summed E-state index contributed by atoms with van der Waals surface area (Å²) in [4.78, 5) is 11.8. The van der Waals surface area contributed by atoms with Gasteiger partial charge in [0.25, 0.3) is 0 Å². The summed E-state index contributed by atoms with van der Waals surface area (Å²) >= 11 is 0. The number of rotatable bonds is 21. The van der Waals surface area contributed by atoms with Crippen LogP contribution in [-0.2, 0) is 4.79 Å². The van der Waals surface area contributed by atoms with Crippen molar-refractivity contribution in [2.24, 2.45) is 0 Å². The van der Waals surface area contributed by atoms with Gasteiger partial charge in [0, 0.05) is 6.42 Å². The van der Waals surface area contributed by atoms with E-state index >= 15 is 0 Å². The average Bonchev–Trinajstić information content (AvgIpc) is 2.65. The van der Waals surface area contributed by atoms with Crippen LogP contribution in [0.5, 0.6) is 0 Å². The standard InChI is InChI=1S/C25H51NO4.ClH.Na/c1-5-6-7-8-9-10-11-12-13-14-15-16-17-18-19-20-21-25(24(29)30,22-23(27)28)26(2,3)4;;/h23,27-28H,5-22H2,1-4H3;1H;/q;;+1/p-1. The first-order valence-electron chi connectivity index (χ1n) is 12.6. The molecule has 0 fully saturated rings. The number of carboxylic acids is 1. The molecule has 5 nitrogen and oxygen atoms in total. The predicted octanol–water partition coefficient (Wildman–Crippen LogP) is -1.46. The fraction of sp³-hybridized carbons (Fsp3) is 0.960. The van der Waals surface area contributed by atoms with E-state index in [4.69, 9.17) is 0 Å². The van der Waals surface area contributed by atoms with Crippen LogP contribution in [0.4, 0.5) is 0 Å². The fourth-order valence-electron chi connectivity index (χ4n) is 4.44. The first-order valence-corrected chi connectivity index (χ1v) is 12.6. The predicted molar refractivity (Wildman–Crippen MR) is 123 cm³/mol. The molecule has 32 heavy (non-hydrogen) atoms. The SMILES string of the molecule is CCCCCCCCCCCCCCCCCCC(CC(O)O)(C(=O)[O-])[N+](C)(C)C.[Cl-].[Na+]. The molecule has 0 aromatic carbocycles. The van der Waals surface area contributed by atoms with Gasteiger partial charge in [-0.3, -0.25) is 0 Å². The van der Waals surface area contributed by atoms with Crippen LogP contribution in [0.2, 0.25) is 0 Å². The van der Waals surface area contributed by atoms with Crippen molar-refractivity contribution < 1.29 is 66.6 Å². The Morgan fingerprint density at radius 3 is 1.31 bits per heavy atom. The molecule has 0 saturated heterocycles. The second-order valence-electron chi connectivity index (χ2n) is 10.1. The topological polar surface area (TPSA) is 80.6 Å². The van der Waals surface area contributed by atoms with Crippen LogP contribution in [0, 0.1) is 0 Å². The molecule has 1 atom stereocenters. The zero-order chi connectivity index (χ0) is 22.9. The van der Waals surface area contributed by atoms with Gasteiger partial charge in [-0.15, -0.1) is 0 Å². The van der Waals surface area contributed by atoms with Gasteiger partial charge in [-0.1, -0.05) is 103 Å². The summed E-state index contributed by atoms with van der Waals surface area (Å²) < 4.78 is 0.131. The number of hydrogen-bond acceptors (Lipinski definition) is 4. The van der Waals surface area contributed by atoms with Crippen molar-refractivity contribution in [1.29, 1.82) is 0 Å². The average molecular weight is 488 g/mol. The van der Waals surface area contributed by atoms with Gasteiger partial charge in [-0.25, -0.2) is 0 Å². The number of carbonyl (C=O) groups is 1. The number of quaternary nitrogens is 1. The van der Waals surface area contributed by atoms with Crippen molar-refractivity contribution in [3.63, 3.8) is 0 Å². The Balaban J connectivity index is -0.00000420. The number of unbranched alkanes of at least 4 members (excludes halogenated alkanes) is 15. The molecule has 1 unspecified atom stereocenters. The summed E-state index contributed by atoms with van der Waals surface area (Å²) in [6, 6.07) is 0. The van der Waals surface area contributed by atoms with E-state index in [1.165, 1.54) is 83.5 Å². The molecular weight excluding hydrogens is 437 g/mol. The van der Waals surface area contributed by atoms with Gasteiger partial charge in [0.05, 0.1) is 27.6 Å². The molecular formula is C25H51ClNNaO4. The van der Waals surface area contributed by atoms with Crippen molar-refractivity contribution >= 4 is 5.97 Å². The van der Waals surface area contributed by atoms with Crippen molar-refractivity contribution in [3.05, 3.63) is 0 Å². The molecule has 0 heterocycles. The largest absolute Gasteiger partial charge is 1.00 e. The van der Waals surface area contributed by atoms with Crippen LogP contribution in [0.25, 0.3) is 0 Å². The second-order valence-corrected chi connectivity index (χ2v) is 10.1. The van der Waals surface area contributed by atoms with Crippen LogP contribution in [0.15, 0.2) is 0 Å². The van der Waals surface area contributed by atoms with Crippen molar-refractivity contribution in [2.75, 3.05) is 21.1 Å². The first-order chi connectivity index (χ1) is 14.2. The van der Waals surface area contributed by atoms with Crippen LogP contribution >= 0.6 is 0 Å². The molecule has 0 bridgehead atoms. The maximum absolute atomic E-state index is 11.8. The van der Waals surface area contributed by atoms with E-state index in [1.807, 2.05) is 0 Å². The minimum absolute atomic E-state index is 0. The molecule has 188 valence electrons. The number of halogens is 1. The molecule has 0 amide bonds. The van der Waals surface area contributed by atoms with Gasteiger partial charge in [0.15, 0.2) is 6.29 Å². The Morgan fingerprint density at radius 2 is 1.06 bits per heavy atom. The quantitative estimate of drug-likeness (QED) is 0.0897. The number of hydrogen-bond donors (Lipinski definition) is 2. The van der Waals surface area contributed by atoms with Crippen LogP contribution < -0.4 is 47.1 Å². The molecule has 0 saturated carbocycles. The summed E-state index contributed by atoms with van der Waals surface area (Å²) in [6.07, 6.45) is 19.0. The van der Waals surface area contributed by atoms with E-state index in [0.717, 1.165) is 19.3 Å². The molecule has 0 aliphatic carbocycles. The number of likely N-dealkylation sites (N-methyl/N-ethyl adjacent to an activating group) is 1. The smallest absolute Gasteiger partial charge is 1.00 e. The van der Waals surface area contributed by atoms with E-state index < -0.39 is 17.8 Å². The molecule has 0 spiro atoms. The van der Waals surface area contributed by atoms with Crippen LogP contribution in [0.3, 0.4) is 0 Å². The fourth-order valence-corrected chi connectivity index (χ4v) is 4.44. The second kappa shape index (κ2) is 22.1. The molecule has 0 aliphatic rings. The Kier molecular flexibility index (Phi) is 25.7. The maximum Gasteiger partial charge on any atom is 1.00 e. The Bertz CT molecular complexity index is 433. The molecule has 0 aromatic rings. The first kappa shape index (κ1) is 37.2. The van der Waals surface area contributed by atoms with Crippen LogP contribution in [0.1, 0.15) is 122 Å². The minimum atomic E-state index is -1.64. The van der Waals surface area contributed by atoms with E-state index in [2.05, 4.69) is 6.92 Å². The van der Waals surface area contributed by atoms with Gasteiger partial charge in [-0.05, 0) is 6.42 Å². The third-order valence-corrected chi connectivity index (χ3v) is 6.63. The number of aliphatic hydroxyl groups is 2. The van der Waals surface area contributed by atoms with E-state index in [9.17, 15) is 20.1 Å². The monoisotopic (exact) mass is 487 g/mol. The molecule has 0 rings (SSSR count). The van der Waals surface area contributed by atoms with E-state index in [-0.39, 0.29) is 52.9 Å². The third-order valence-electron chi connectivity index (χ3n) is 6.63. The van der Waals surface area contributed by atoms with Crippen molar-refractivity contribution in [2.45, 2.75) is 134 Å². The normalized spacial score (nSPS) is 13.3. The minimum Gasteiger partial charge on any atom is -1.00 e. The molecule has 0 radical (unpaired) electrons. The van der Waals surface area contributed by atoms with Gasteiger partial charge < -0.3 is 37.0 Å². The molecule has 7 heteroatoms. The molecule has 0 aromatic heterocycles. The summed E-state index contributed by atoms with van der Waals surface area (Å²) in [6.45, 7) is 2.26. The maximum atomic E-state index is 11.8.